The molecular formula is C29H37F5N2O2. The fourth-order valence-corrected chi connectivity index (χ4v) is 5.19. The molecule has 210 valence electrons. The highest BCUT2D eigenvalue weighted by molar-refractivity contribution is 5.73. The molecule has 2 aromatic carbocycles. The van der Waals surface area contributed by atoms with E-state index in [9.17, 15) is 31.9 Å². The average Bonchev–Trinajstić information content (AvgIpc) is 2.80. The second-order valence-electron chi connectivity index (χ2n) is 11.4. The van der Waals surface area contributed by atoms with Gasteiger partial charge in [-0.2, -0.15) is 13.2 Å². The van der Waals surface area contributed by atoms with Gasteiger partial charge in [0.2, 0.25) is 5.91 Å². The van der Waals surface area contributed by atoms with Crippen LogP contribution in [0.2, 0.25) is 0 Å². The van der Waals surface area contributed by atoms with E-state index < -0.39 is 52.4 Å². The highest BCUT2D eigenvalue weighted by Crippen LogP contribution is 2.42. The molecule has 1 aliphatic carbocycles. The highest BCUT2D eigenvalue weighted by Gasteiger charge is 2.39. The summed E-state index contributed by atoms with van der Waals surface area (Å²) in [4.78, 5) is 11.8. The van der Waals surface area contributed by atoms with Crippen molar-refractivity contribution in [3.8, 4) is 0 Å². The van der Waals surface area contributed by atoms with Crippen LogP contribution in [0, 0.1) is 11.6 Å². The number of nitrogens with one attached hydrogen (secondary N) is 2. The quantitative estimate of drug-likeness (QED) is 0.353. The fourth-order valence-electron chi connectivity index (χ4n) is 5.19. The first-order valence-electron chi connectivity index (χ1n) is 13.0. The summed E-state index contributed by atoms with van der Waals surface area (Å²) in [6, 6.07) is 6.35. The Bertz CT molecular complexity index is 1070. The molecule has 0 aromatic heterocycles. The molecule has 1 amide bonds. The van der Waals surface area contributed by atoms with Gasteiger partial charge < -0.3 is 15.7 Å². The second-order valence-corrected chi connectivity index (χ2v) is 11.4. The van der Waals surface area contributed by atoms with Gasteiger partial charge in [0, 0.05) is 25.1 Å². The lowest BCUT2D eigenvalue weighted by Crippen LogP contribution is -2.53. The van der Waals surface area contributed by atoms with E-state index in [0.29, 0.717) is 24.0 Å². The van der Waals surface area contributed by atoms with Crippen LogP contribution in [0.4, 0.5) is 22.0 Å². The Morgan fingerprint density at radius 1 is 0.947 bits per heavy atom. The molecule has 38 heavy (non-hydrogen) atoms. The first kappa shape index (κ1) is 30.0. The maximum Gasteiger partial charge on any atom is 0.416 e. The fraction of sp³-hybridized carbons (Fsp3) is 0.552. The topological polar surface area (TPSA) is 61.4 Å². The Morgan fingerprint density at radius 3 is 2.05 bits per heavy atom. The summed E-state index contributed by atoms with van der Waals surface area (Å²) >= 11 is 0. The largest absolute Gasteiger partial charge is 0.416 e. The summed E-state index contributed by atoms with van der Waals surface area (Å²) in [5.41, 5.74) is -0.669. The van der Waals surface area contributed by atoms with E-state index in [4.69, 9.17) is 0 Å². The number of halogens is 5. The molecule has 9 heteroatoms. The van der Waals surface area contributed by atoms with Crippen molar-refractivity contribution in [2.75, 3.05) is 6.54 Å². The van der Waals surface area contributed by atoms with Crippen LogP contribution in [0.3, 0.4) is 0 Å². The van der Waals surface area contributed by atoms with Crippen molar-refractivity contribution in [3.05, 3.63) is 70.3 Å². The van der Waals surface area contributed by atoms with Crippen LogP contribution in [0.15, 0.2) is 36.4 Å². The van der Waals surface area contributed by atoms with Crippen molar-refractivity contribution in [2.45, 2.75) is 95.5 Å². The number of carbonyl (C=O) groups excluding carboxylic acids is 1. The Hall–Kier alpha value is -2.52. The minimum atomic E-state index is -4.51. The molecule has 0 spiro atoms. The van der Waals surface area contributed by atoms with Crippen LogP contribution in [0.5, 0.6) is 0 Å². The predicted octanol–water partition coefficient (Wildman–Crippen LogP) is 6.14. The molecule has 0 heterocycles. The lowest BCUT2D eigenvalue weighted by Gasteiger charge is -2.41. The minimum Gasteiger partial charge on any atom is -0.390 e. The molecule has 0 aliphatic heterocycles. The van der Waals surface area contributed by atoms with Crippen LogP contribution in [0.25, 0.3) is 0 Å². The first-order valence-corrected chi connectivity index (χ1v) is 13.0. The maximum atomic E-state index is 13.9. The summed E-state index contributed by atoms with van der Waals surface area (Å²) < 4.78 is 69.1. The molecule has 0 radical (unpaired) electrons. The Balaban J connectivity index is 1.92. The number of aliphatic hydroxyl groups is 1. The van der Waals surface area contributed by atoms with Crippen molar-refractivity contribution in [1.82, 2.24) is 10.6 Å². The van der Waals surface area contributed by atoms with Crippen LogP contribution >= 0.6 is 0 Å². The van der Waals surface area contributed by atoms with Crippen molar-refractivity contribution < 1.29 is 31.9 Å². The number of rotatable bonds is 8. The molecule has 2 atom stereocenters. The van der Waals surface area contributed by atoms with E-state index in [2.05, 4.69) is 10.6 Å². The van der Waals surface area contributed by atoms with Crippen LogP contribution < -0.4 is 10.6 Å². The molecule has 2 unspecified atom stereocenters. The van der Waals surface area contributed by atoms with Crippen molar-refractivity contribution in [1.29, 1.82) is 0 Å². The third kappa shape index (κ3) is 7.76. The third-order valence-electron chi connectivity index (χ3n) is 7.27. The summed E-state index contributed by atoms with van der Waals surface area (Å²) in [6.07, 6.45) is -1.96. The van der Waals surface area contributed by atoms with Gasteiger partial charge in [0.1, 0.15) is 11.6 Å². The van der Waals surface area contributed by atoms with E-state index in [0.717, 1.165) is 37.5 Å². The zero-order valence-corrected chi connectivity index (χ0v) is 22.3. The normalized spacial score (nSPS) is 17.6. The van der Waals surface area contributed by atoms with E-state index in [1.54, 1.807) is 0 Å². The van der Waals surface area contributed by atoms with Crippen LogP contribution in [-0.4, -0.2) is 29.7 Å². The molecule has 1 saturated carbocycles. The smallest absolute Gasteiger partial charge is 0.390 e. The van der Waals surface area contributed by atoms with Crippen molar-refractivity contribution in [3.63, 3.8) is 0 Å². The summed E-state index contributed by atoms with van der Waals surface area (Å²) in [6.45, 7) is 6.83. The number of aliphatic hydroxyl groups excluding tert-OH is 1. The van der Waals surface area contributed by atoms with Gasteiger partial charge >= 0.3 is 6.18 Å². The summed E-state index contributed by atoms with van der Waals surface area (Å²) in [5.74, 6) is -1.96. The minimum absolute atomic E-state index is 0.0260. The van der Waals surface area contributed by atoms with E-state index in [-0.39, 0.29) is 18.5 Å². The number of hydrogen-bond donors (Lipinski definition) is 3. The number of hydrogen-bond acceptors (Lipinski definition) is 3. The summed E-state index contributed by atoms with van der Waals surface area (Å²) in [7, 11) is 0. The van der Waals surface area contributed by atoms with Gasteiger partial charge in [0.25, 0.3) is 0 Å². The standard InChI is InChI=1S/C29H37F5N2O2/c1-18(37)36-25(12-19-10-23(30)16-24(31)11-19)26(38)17-35-28(8-6-5-7-9-28)21-13-20(27(2,3)4)14-22(15-21)29(32,33)34/h10-11,13-16,25-26,35,38H,5-9,12,17H2,1-4H3,(H,36,37). The van der Waals surface area contributed by atoms with E-state index in [1.807, 2.05) is 26.8 Å². The molecule has 3 rings (SSSR count). The molecule has 1 fully saturated rings. The van der Waals surface area contributed by atoms with Gasteiger partial charge in [-0.3, -0.25) is 4.79 Å². The lowest BCUT2D eigenvalue weighted by molar-refractivity contribution is -0.137. The second kappa shape index (κ2) is 11.7. The predicted molar refractivity (Wildman–Crippen MR) is 137 cm³/mol. The summed E-state index contributed by atoms with van der Waals surface area (Å²) in [5, 5.41) is 17.1. The number of benzene rings is 2. The Morgan fingerprint density at radius 2 is 1.53 bits per heavy atom. The molecular weight excluding hydrogens is 503 g/mol. The molecule has 0 saturated heterocycles. The molecule has 1 aliphatic rings. The van der Waals surface area contributed by atoms with Gasteiger partial charge in [-0.1, -0.05) is 46.1 Å². The number of amides is 1. The van der Waals surface area contributed by atoms with Gasteiger partial charge in [0.05, 0.1) is 17.7 Å². The van der Waals surface area contributed by atoms with Gasteiger partial charge in [-0.25, -0.2) is 8.78 Å². The maximum absolute atomic E-state index is 13.9. The molecule has 2 aromatic rings. The van der Waals surface area contributed by atoms with Crippen molar-refractivity contribution >= 4 is 5.91 Å². The zero-order chi connectivity index (χ0) is 28.3. The van der Waals surface area contributed by atoms with Crippen molar-refractivity contribution in [2.24, 2.45) is 0 Å². The molecule has 4 nitrogen and oxygen atoms in total. The average molecular weight is 541 g/mol. The Labute approximate surface area is 221 Å². The number of alkyl halides is 3. The van der Waals surface area contributed by atoms with Crippen LogP contribution in [0.1, 0.15) is 82.1 Å². The Kier molecular flexibility index (Phi) is 9.24. The van der Waals surface area contributed by atoms with Crippen LogP contribution in [-0.2, 0) is 28.3 Å². The van der Waals surface area contributed by atoms with E-state index in [1.165, 1.54) is 19.1 Å². The van der Waals surface area contributed by atoms with Gasteiger partial charge in [0.15, 0.2) is 0 Å². The molecule has 3 N–H and O–H groups in total. The van der Waals surface area contributed by atoms with Gasteiger partial charge in [-0.15, -0.1) is 0 Å². The number of carbonyl (C=O) groups is 1. The SMILES string of the molecule is CC(=O)NC(Cc1cc(F)cc(F)c1)C(O)CNC1(c2cc(C(C)(C)C)cc(C(F)(F)F)c2)CCCCC1. The zero-order valence-electron chi connectivity index (χ0n) is 22.3. The lowest BCUT2D eigenvalue weighted by atomic mass is 9.74. The van der Waals surface area contributed by atoms with E-state index >= 15 is 0 Å². The third-order valence-corrected chi connectivity index (χ3v) is 7.27. The monoisotopic (exact) mass is 540 g/mol. The van der Waals surface area contributed by atoms with Gasteiger partial charge in [-0.05, 0) is 65.6 Å². The first-order chi connectivity index (χ1) is 17.6. The molecule has 0 bridgehead atoms. The highest BCUT2D eigenvalue weighted by atomic mass is 19.4.